The van der Waals surface area contributed by atoms with Crippen LogP contribution in [-0.2, 0) is 11.3 Å². The lowest BCUT2D eigenvalue weighted by Gasteiger charge is -2.45. The van der Waals surface area contributed by atoms with Crippen molar-refractivity contribution in [1.29, 1.82) is 0 Å². The van der Waals surface area contributed by atoms with Gasteiger partial charge in [0.05, 0.1) is 25.4 Å². The van der Waals surface area contributed by atoms with Crippen molar-refractivity contribution in [2.24, 2.45) is 0 Å². The van der Waals surface area contributed by atoms with E-state index in [0.717, 1.165) is 30.8 Å². The monoisotopic (exact) mass is 281 g/mol. The van der Waals surface area contributed by atoms with Crippen molar-refractivity contribution in [3.63, 3.8) is 0 Å². The Kier molecular flexibility index (Phi) is 3.96. The van der Waals surface area contributed by atoms with Crippen molar-refractivity contribution >= 4 is 17.3 Å². The number of nitrogens with zero attached hydrogens (tertiary/aromatic N) is 1. The lowest BCUT2D eigenvalue weighted by atomic mass is 9.89. The van der Waals surface area contributed by atoms with Gasteiger partial charge in [0.1, 0.15) is 0 Å². The smallest absolute Gasteiger partial charge is 0.0779 e. The van der Waals surface area contributed by atoms with Crippen LogP contribution in [0.1, 0.15) is 31.2 Å². The van der Waals surface area contributed by atoms with Crippen LogP contribution < -0.4 is 4.90 Å². The summed E-state index contributed by atoms with van der Waals surface area (Å²) in [7, 11) is 0. The van der Waals surface area contributed by atoms with Gasteiger partial charge in [-0.05, 0) is 31.0 Å². The van der Waals surface area contributed by atoms with E-state index >= 15 is 0 Å². The first kappa shape index (κ1) is 13.2. The zero-order chi connectivity index (χ0) is 13.2. The summed E-state index contributed by atoms with van der Waals surface area (Å²) in [5.74, 6) is 0. The molecule has 2 aliphatic rings. The number of morpholine rings is 1. The fraction of sp³-hybridized carbons (Fsp3) is 0.600. The highest BCUT2D eigenvalue weighted by molar-refractivity contribution is 6.30. The highest BCUT2D eigenvalue weighted by Gasteiger charge is 2.34. The largest absolute Gasteiger partial charge is 0.392 e. The normalized spacial score (nSPS) is 27.2. The molecule has 0 aromatic heterocycles. The second kappa shape index (κ2) is 5.70. The fourth-order valence-electron chi connectivity index (χ4n) is 3.36. The van der Waals surface area contributed by atoms with Crippen LogP contribution in [0.5, 0.6) is 0 Å². The number of ether oxygens (including phenoxy) is 1. The van der Waals surface area contributed by atoms with Crippen molar-refractivity contribution in [3.8, 4) is 0 Å². The molecule has 2 unspecified atom stereocenters. The molecule has 0 spiro atoms. The van der Waals surface area contributed by atoms with E-state index in [-0.39, 0.29) is 6.61 Å². The van der Waals surface area contributed by atoms with Crippen molar-refractivity contribution in [2.45, 2.75) is 44.4 Å². The molecule has 2 fully saturated rings. The lowest BCUT2D eigenvalue weighted by Crippen LogP contribution is -2.53. The third-order valence-corrected chi connectivity index (χ3v) is 4.49. The molecule has 0 bridgehead atoms. The molecular weight excluding hydrogens is 262 g/mol. The molecular formula is C15H20ClNO2. The van der Waals surface area contributed by atoms with E-state index in [1.165, 1.54) is 19.3 Å². The van der Waals surface area contributed by atoms with E-state index in [1.807, 2.05) is 18.2 Å². The third-order valence-electron chi connectivity index (χ3n) is 4.25. The maximum absolute atomic E-state index is 9.55. The number of hydrogen-bond acceptors (Lipinski definition) is 3. The summed E-state index contributed by atoms with van der Waals surface area (Å²) in [5.41, 5.74) is 2.03. The molecule has 1 aliphatic carbocycles. The molecule has 2 atom stereocenters. The third kappa shape index (κ3) is 2.60. The van der Waals surface area contributed by atoms with Gasteiger partial charge in [-0.2, -0.15) is 0 Å². The number of hydrogen-bond donors (Lipinski definition) is 1. The first-order valence-corrected chi connectivity index (χ1v) is 7.45. The van der Waals surface area contributed by atoms with Crippen molar-refractivity contribution in [2.75, 3.05) is 18.1 Å². The van der Waals surface area contributed by atoms with E-state index < -0.39 is 0 Å². The van der Waals surface area contributed by atoms with E-state index in [2.05, 4.69) is 4.90 Å². The van der Waals surface area contributed by atoms with Gasteiger partial charge in [0.25, 0.3) is 0 Å². The highest BCUT2D eigenvalue weighted by atomic mass is 35.5. The van der Waals surface area contributed by atoms with Crippen molar-refractivity contribution < 1.29 is 9.84 Å². The Morgan fingerprint density at radius 3 is 3.00 bits per heavy atom. The van der Waals surface area contributed by atoms with Gasteiger partial charge in [-0.3, -0.25) is 0 Å². The van der Waals surface area contributed by atoms with Gasteiger partial charge in [0, 0.05) is 22.8 Å². The Balaban J connectivity index is 1.91. The van der Waals surface area contributed by atoms with Crippen LogP contribution in [0.3, 0.4) is 0 Å². The number of aliphatic hydroxyl groups excluding tert-OH is 1. The average molecular weight is 282 g/mol. The van der Waals surface area contributed by atoms with E-state index in [4.69, 9.17) is 16.3 Å². The molecule has 4 heteroatoms. The molecule has 3 nitrogen and oxygen atoms in total. The maximum atomic E-state index is 9.55. The van der Waals surface area contributed by atoms with Gasteiger partial charge in [0.2, 0.25) is 0 Å². The summed E-state index contributed by atoms with van der Waals surface area (Å²) >= 11 is 6.02. The molecule has 3 rings (SSSR count). The number of rotatable bonds is 2. The number of fused-ring (bicyclic) bond motifs is 1. The fourth-order valence-corrected chi connectivity index (χ4v) is 3.55. The molecule has 0 amide bonds. The minimum Gasteiger partial charge on any atom is -0.392 e. The van der Waals surface area contributed by atoms with Crippen molar-refractivity contribution in [1.82, 2.24) is 0 Å². The van der Waals surface area contributed by atoms with Crippen molar-refractivity contribution in [3.05, 3.63) is 28.8 Å². The Hall–Kier alpha value is -0.770. The second-order valence-corrected chi connectivity index (χ2v) is 5.82. The Bertz CT molecular complexity index is 450. The maximum Gasteiger partial charge on any atom is 0.0779 e. The lowest BCUT2D eigenvalue weighted by molar-refractivity contribution is -0.00880. The number of benzene rings is 1. The molecule has 1 aromatic carbocycles. The van der Waals surface area contributed by atoms with Gasteiger partial charge in [-0.1, -0.05) is 24.4 Å². The summed E-state index contributed by atoms with van der Waals surface area (Å²) in [6.45, 7) is 1.70. The highest BCUT2D eigenvalue weighted by Crippen LogP contribution is 2.34. The van der Waals surface area contributed by atoms with Crippen LogP contribution in [0.15, 0.2) is 18.2 Å². The number of halogens is 1. The summed E-state index contributed by atoms with van der Waals surface area (Å²) in [6, 6.07) is 6.26. The Morgan fingerprint density at radius 2 is 2.16 bits per heavy atom. The molecule has 1 N–H and O–H groups in total. The first-order valence-electron chi connectivity index (χ1n) is 7.07. The predicted octanol–water partition coefficient (Wildman–Crippen LogP) is 2.98. The van der Waals surface area contributed by atoms with Gasteiger partial charge in [-0.15, -0.1) is 0 Å². The number of anilines is 1. The van der Waals surface area contributed by atoms with Gasteiger partial charge in [-0.25, -0.2) is 0 Å². The summed E-state index contributed by atoms with van der Waals surface area (Å²) in [6.07, 6.45) is 5.22. The standard InChI is InChI=1S/C15H20ClNO2/c16-12-5-6-13(11(9-12)10-18)17-7-8-19-15-4-2-1-3-14(15)17/h5-6,9,14-15,18H,1-4,7-8,10H2. The average Bonchev–Trinajstić information content (AvgIpc) is 2.46. The Morgan fingerprint density at radius 1 is 1.32 bits per heavy atom. The molecule has 1 saturated heterocycles. The van der Waals surface area contributed by atoms with Crippen LogP contribution >= 0.6 is 11.6 Å². The van der Waals surface area contributed by atoms with Gasteiger partial charge < -0.3 is 14.7 Å². The minimum absolute atomic E-state index is 0.0324. The summed E-state index contributed by atoms with van der Waals surface area (Å²) in [5, 5.41) is 10.2. The second-order valence-electron chi connectivity index (χ2n) is 5.39. The summed E-state index contributed by atoms with van der Waals surface area (Å²) in [4.78, 5) is 2.41. The minimum atomic E-state index is 0.0324. The zero-order valence-electron chi connectivity index (χ0n) is 11.0. The Labute approximate surface area is 119 Å². The predicted molar refractivity (Wildman–Crippen MR) is 76.7 cm³/mol. The van der Waals surface area contributed by atoms with E-state index in [9.17, 15) is 5.11 Å². The molecule has 0 radical (unpaired) electrons. The molecule has 1 heterocycles. The quantitative estimate of drug-likeness (QED) is 0.905. The molecule has 1 aromatic rings. The topological polar surface area (TPSA) is 32.7 Å². The van der Waals surface area contributed by atoms with E-state index in [1.54, 1.807) is 0 Å². The molecule has 104 valence electrons. The molecule has 1 aliphatic heterocycles. The van der Waals surface area contributed by atoms with Gasteiger partial charge >= 0.3 is 0 Å². The first-order chi connectivity index (χ1) is 9.29. The van der Waals surface area contributed by atoms with Crippen LogP contribution in [-0.4, -0.2) is 30.4 Å². The van der Waals surface area contributed by atoms with Crippen LogP contribution in [0.2, 0.25) is 5.02 Å². The van der Waals surface area contributed by atoms with Gasteiger partial charge in [0.15, 0.2) is 0 Å². The van der Waals surface area contributed by atoms with Crippen LogP contribution in [0.4, 0.5) is 5.69 Å². The van der Waals surface area contributed by atoms with E-state index in [0.29, 0.717) is 17.2 Å². The molecule has 19 heavy (non-hydrogen) atoms. The number of aliphatic hydroxyl groups is 1. The van der Waals surface area contributed by atoms with Crippen LogP contribution in [0, 0.1) is 0 Å². The summed E-state index contributed by atoms with van der Waals surface area (Å²) < 4.78 is 5.90. The molecule has 1 saturated carbocycles. The SMILES string of the molecule is OCc1cc(Cl)ccc1N1CCOC2CCCCC21. The zero-order valence-corrected chi connectivity index (χ0v) is 11.8. The van der Waals surface area contributed by atoms with Crippen LogP contribution in [0.25, 0.3) is 0 Å².